The highest BCUT2D eigenvalue weighted by Gasteiger charge is 2.20. The van der Waals surface area contributed by atoms with Gasteiger partial charge in [-0.05, 0) is 37.1 Å². The number of aromatic nitrogens is 4. The fourth-order valence-corrected chi connectivity index (χ4v) is 3.47. The van der Waals surface area contributed by atoms with Crippen LogP contribution in [-0.2, 0) is 6.73 Å². The third-order valence-electron chi connectivity index (χ3n) is 5.06. The highest BCUT2D eigenvalue weighted by molar-refractivity contribution is 6.30. The van der Waals surface area contributed by atoms with Gasteiger partial charge in [0.05, 0.1) is 17.9 Å². The second-order valence-corrected chi connectivity index (χ2v) is 7.88. The molecule has 1 aromatic carbocycles. The molecule has 32 heavy (non-hydrogen) atoms. The van der Waals surface area contributed by atoms with Crippen LogP contribution in [-0.4, -0.2) is 40.5 Å². The van der Waals surface area contributed by atoms with Gasteiger partial charge in [-0.3, -0.25) is 9.56 Å². The first-order chi connectivity index (χ1) is 15.4. The van der Waals surface area contributed by atoms with Crippen LogP contribution in [0.1, 0.15) is 18.4 Å². The van der Waals surface area contributed by atoms with Gasteiger partial charge in [-0.25, -0.2) is 9.37 Å². The lowest BCUT2D eigenvalue weighted by molar-refractivity contribution is 0.183. The smallest absolute Gasteiger partial charge is 0.203 e. The Labute approximate surface area is 185 Å². The number of nitrogens with zero attached hydrogens (tertiary/aromatic N) is 5. The number of halogens is 2. The summed E-state index contributed by atoms with van der Waals surface area (Å²) in [7, 11) is 0. The molecule has 0 spiro atoms. The van der Waals surface area contributed by atoms with Crippen molar-refractivity contribution in [3.63, 3.8) is 0 Å². The van der Waals surface area contributed by atoms with Crippen LogP contribution < -0.4 is 16.0 Å². The van der Waals surface area contributed by atoms with Crippen LogP contribution in [0.25, 0.3) is 11.7 Å². The van der Waals surface area contributed by atoms with Crippen LogP contribution in [0.15, 0.2) is 41.5 Å². The van der Waals surface area contributed by atoms with Gasteiger partial charge in [-0.15, -0.1) is 0 Å². The molecule has 164 valence electrons. The lowest BCUT2D eigenvalue weighted by Gasteiger charge is -2.08. The summed E-state index contributed by atoms with van der Waals surface area (Å²) in [5, 5.41) is 37.6. The molecular weight excluding hydrogens is 439 g/mol. The lowest BCUT2D eigenvalue weighted by atomic mass is 10.2. The number of benzene rings is 1. The Morgan fingerprint density at radius 3 is 2.78 bits per heavy atom. The zero-order chi connectivity index (χ0) is 22.4. The van der Waals surface area contributed by atoms with E-state index in [-0.39, 0.29) is 29.1 Å². The van der Waals surface area contributed by atoms with E-state index in [1.807, 2.05) is 0 Å². The normalized spacial score (nSPS) is 15.1. The third kappa shape index (κ3) is 3.74. The molecule has 0 radical (unpaired) electrons. The molecular formula is C21H18ClFN6O3. The van der Waals surface area contributed by atoms with Crippen LogP contribution in [0.3, 0.4) is 0 Å². The Kier molecular flexibility index (Phi) is 4.95. The van der Waals surface area contributed by atoms with Crippen molar-refractivity contribution in [1.82, 2.24) is 19.2 Å². The minimum Gasteiger partial charge on any atom is -0.494 e. The maximum Gasteiger partial charge on any atom is 0.203 e. The Bertz CT molecular complexity index is 1460. The molecule has 0 saturated heterocycles. The summed E-state index contributed by atoms with van der Waals surface area (Å²) in [5.41, 5.74) is 1.39. The van der Waals surface area contributed by atoms with Gasteiger partial charge in [0.1, 0.15) is 18.4 Å². The zero-order valence-corrected chi connectivity index (χ0v) is 17.3. The summed E-state index contributed by atoms with van der Waals surface area (Å²) in [4.78, 5) is 9.22. The molecule has 1 fully saturated rings. The molecule has 0 atom stereocenters. The standard InChI is InChI=1S/C21H18ClFN6O3/c22-13-1-4-15(23)16(7-13)26-17-8-18(25-14-2-3-14)29-20(27-17)12(9-24-29)5-11-6-19(31)28(10-30)21(11)32/h1,4-9,14,26,30-32H,2-3,10H2. The van der Waals surface area contributed by atoms with Crippen molar-refractivity contribution in [3.05, 3.63) is 63.6 Å². The Morgan fingerprint density at radius 1 is 1.25 bits per heavy atom. The van der Waals surface area contributed by atoms with E-state index < -0.39 is 12.5 Å². The molecule has 9 nitrogen and oxygen atoms in total. The third-order valence-corrected chi connectivity index (χ3v) is 5.30. The molecule has 1 aliphatic rings. The van der Waals surface area contributed by atoms with E-state index in [4.69, 9.17) is 11.6 Å². The molecule has 1 saturated carbocycles. The maximum absolute atomic E-state index is 14.2. The van der Waals surface area contributed by atoms with Crippen molar-refractivity contribution in [2.24, 2.45) is 4.99 Å². The van der Waals surface area contributed by atoms with Gasteiger partial charge in [0, 0.05) is 27.9 Å². The number of fused-ring (bicyclic) bond motifs is 1. The van der Waals surface area contributed by atoms with Crippen LogP contribution in [0.2, 0.25) is 5.02 Å². The number of aliphatic hydroxyl groups excluding tert-OH is 1. The molecule has 1 aliphatic carbocycles. The van der Waals surface area contributed by atoms with Gasteiger partial charge in [0.2, 0.25) is 5.88 Å². The number of rotatable bonds is 5. The average Bonchev–Trinajstić information content (AvgIpc) is 3.42. The Morgan fingerprint density at radius 2 is 2.06 bits per heavy atom. The van der Waals surface area contributed by atoms with E-state index in [0.717, 1.165) is 17.4 Å². The fraction of sp³-hybridized carbons (Fsp3) is 0.190. The fourth-order valence-electron chi connectivity index (χ4n) is 3.30. The van der Waals surface area contributed by atoms with Gasteiger partial charge in [0.25, 0.3) is 0 Å². The molecule has 3 aromatic heterocycles. The van der Waals surface area contributed by atoms with Gasteiger partial charge in [-0.1, -0.05) is 11.6 Å². The predicted molar refractivity (Wildman–Crippen MR) is 115 cm³/mol. The van der Waals surface area contributed by atoms with Crippen molar-refractivity contribution in [1.29, 1.82) is 0 Å². The Hall–Kier alpha value is -3.63. The summed E-state index contributed by atoms with van der Waals surface area (Å²) < 4.78 is 16.7. The first-order valence-corrected chi connectivity index (χ1v) is 10.2. The average molecular weight is 457 g/mol. The number of anilines is 2. The van der Waals surface area contributed by atoms with Crippen molar-refractivity contribution in [2.75, 3.05) is 5.32 Å². The molecule has 0 unspecified atom stereocenters. The molecule has 11 heteroatoms. The largest absolute Gasteiger partial charge is 0.494 e. The number of hydrogen-bond acceptors (Lipinski definition) is 7. The monoisotopic (exact) mass is 456 g/mol. The van der Waals surface area contributed by atoms with Crippen LogP contribution >= 0.6 is 11.6 Å². The van der Waals surface area contributed by atoms with Gasteiger partial charge < -0.3 is 20.6 Å². The van der Waals surface area contributed by atoms with Gasteiger partial charge in [0.15, 0.2) is 17.0 Å². The highest BCUT2D eigenvalue weighted by Crippen LogP contribution is 2.28. The number of hydrogen-bond donors (Lipinski definition) is 4. The number of nitrogens with one attached hydrogen (secondary N) is 1. The molecule has 4 N–H and O–H groups in total. The van der Waals surface area contributed by atoms with Crippen molar-refractivity contribution in [3.8, 4) is 11.8 Å². The summed E-state index contributed by atoms with van der Waals surface area (Å²) >= 11 is 6.00. The zero-order valence-electron chi connectivity index (χ0n) is 16.6. The van der Waals surface area contributed by atoms with E-state index in [0.29, 0.717) is 27.2 Å². The molecule has 3 heterocycles. The second kappa shape index (κ2) is 7.81. The van der Waals surface area contributed by atoms with Crippen LogP contribution in [0.4, 0.5) is 15.9 Å². The van der Waals surface area contributed by atoms with E-state index in [1.165, 1.54) is 24.3 Å². The number of aliphatic hydroxyl groups is 1. The van der Waals surface area contributed by atoms with E-state index in [1.54, 1.807) is 22.9 Å². The van der Waals surface area contributed by atoms with E-state index in [9.17, 15) is 19.7 Å². The highest BCUT2D eigenvalue weighted by atomic mass is 35.5. The minimum absolute atomic E-state index is 0.166. The van der Waals surface area contributed by atoms with Crippen LogP contribution in [0.5, 0.6) is 11.8 Å². The van der Waals surface area contributed by atoms with Gasteiger partial charge in [-0.2, -0.15) is 9.61 Å². The van der Waals surface area contributed by atoms with Crippen molar-refractivity contribution < 1.29 is 19.7 Å². The maximum atomic E-state index is 14.2. The van der Waals surface area contributed by atoms with Gasteiger partial charge >= 0.3 is 0 Å². The predicted octanol–water partition coefficient (Wildman–Crippen LogP) is 2.04. The lowest BCUT2D eigenvalue weighted by Crippen LogP contribution is -2.20. The SMILES string of the molecule is OCn1c(O)cc(C=c2cnn3c(=NC4CC4)cc(Nc4cc(Cl)ccc4F)nc23)c1O. The topological polar surface area (TPSA) is 120 Å². The van der Waals surface area contributed by atoms with E-state index >= 15 is 0 Å². The first kappa shape index (κ1) is 20.3. The van der Waals surface area contributed by atoms with Crippen molar-refractivity contribution in [2.45, 2.75) is 25.6 Å². The molecule has 5 rings (SSSR count). The summed E-state index contributed by atoms with van der Waals surface area (Å²) in [6.45, 7) is -0.581. The molecule has 0 aliphatic heterocycles. The van der Waals surface area contributed by atoms with Crippen LogP contribution in [0, 0.1) is 5.82 Å². The Balaban J connectivity index is 1.68. The molecule has 4 aromatic rings. The van der Waals surface area contributed by atoms with E-state index in [2.05, 4.69) is 20.4 Å². The quantitative estimate of drug-likeness (QED) is 0.365. The number of aromatic hydroxyl groups is 2. The summed E-state index contributed by atoms with van der Waals surface area (Å²) in [5.74, 6) is -0.734. The summed E-state index contributed by atoms with van der Waals surface area (Å²) in [6, 6.07) is 7.37. The second-order valence-electron chi connectivity index (χ2n) is 7.44. The van der Waals surface area contributed by atoms with Crippen molar-refractivity contribution >= 4 is 34.8 Å². The molecule has 0 bridgehead atoms. The first-order valence-electron chi connectivity index (χ1n) is 9.81. The molecule has 0 amide bonds. The minimum atomic E-state index is -0.581. The summed E-state index contributed by atoms with van der Waals surface area (Å²) in [6.07, 6.45) is 5.08.